The first-order chi connectivity index (χ1) is 14.4. The molecule has 156 valence electrons. The van der Waals surface area contributed by atoms with Crippen molar-refractivity contribution in [2.75, 3.05) is 12.9 Å². The largest absolute Gasteiger partial charge is 0.466 e. The summed E-state index contributed by atoms with van der Waals surface area (Å²) in [6.45, 7) is 2.17. The molecule has 3 aromatic rings. The zero-order valence-electron chi connectivity index (χ0n) is 17.0. The minimum absolute atomic E-state index is 0.225. The number of carbonyl (C=O) groups is 1. The smallest absolute Gasteiger partial charge is 0.310 e. The molecule has 1 heterocycles. The van der Waals surface area contributed by atoms with E-state index in [1.165, 1.54) is 6.26 Å². The van der Waals surface area contributed by atoms with Crippen LogP contribution in [0.1, 0.15) is 30.0 Å². The van der Waals surface area contributed by atoms with Crippen molar-refractivity contribution in [2.24, 2.45) is 0 Å². The van der Waals surface area contributed by atoms with Crippen molar-refractivity contribution in [2.45, 2.75) is 37.5 Å². The molecule has 1 aromatic heterocycles. The van der Waals surface area contributed by atoms with Crippen molar-refractivity contribution in [3.8, 4) is 11.5 Å². The Balaban J connectivity index is 1.72. The first kappa shape index (κ1) is 20.3. The summed E-state index contributed by atoms with van der Waals surface area (Å²) in [5.74, 6) is 1.05. The van der Waals surface area contributed by atoms with Crippen molar-refractivity contribution in [3.63, 3.8) is 0 Å². The zero-order chi connectivity index (χ0) is 21.3. The molecule has 0 spiro atoms. The predicted octanol–water partition coefficient (Wildman–Crippen LogP) is 4.02. The molecule has 6 nitrogen and oxygen atoms in total. The van der Waals surface area contributed by atoms with Crippen LogP contribution in [0.2, 0.25) is 0 Å². The lowest BCUT2D eigenvalue weighted by Crippen LogP contribution is -2.09. The number of esters is 1. The number of aromatic nitrogens is 1. The molecular formula is C23H23NO5S. The maximum Gasteiger partial charge on any atom is 0.310 e. The Bertz CT molecular complexity index is 1230. The minimum atomic E-state index is -3.34. The summed E-state index contributed by atoms with van der Waals surface area (Å²) in [7, 11) is -3.34. The van der Waals surface area contributed by atoms with E-state index >= 15 is 0 Å². The number of sulfone groups is 1. The van der Waals surface area contributed by atoms with Gasteiger partial charge in [0.05, 0.1) is 23.4 Å². The second-order valence-corrected chi connectivity index (χ2v) is 9.39. The van der Waals surface area contributed by atoms with Gasteiger partial charge in [-0.1, -0.05) is 6.07 Å². The van der Waals surface area contributed by atoms with Gasteiger partial charge in [-0.2, -0.15) is 0 Å². The van der Waals surface area contributed by atoms with E-state index in [0.717, 1.165) is 41.7 Å². The van der Waals surface area contributed by atoms with E-state index in [2.05, 4.69) is 4.98 Å². The molecule has 0 N–H and O–H groups in total. The Morgan fingerprint density at radius 1 is 1.07 bits per heavy atom. The fourth-order valence-corrected chi connectivity index (χ4v) is 4.56. The molecule has 0 unspecified atom stereocenters. The van der Waals surface area contributed by atoms with Gasteiger partial charge in [-0.3, -0.25) is 9.78 Å². The number of fused-ring (bicyclic) bond motifs is 2. The van der Waals surface area contributed by atoms with Gasteiger partial charge in [-0.25, -0.2) is 8.42 Å². The quantitative estimate of drug-likeness (QED) is 0.555. The molecule has 4 rings (SSSR count). The van der Waals surface area contributed by atoms with Crippen LogP contribution in [0.3, 0.4) is 0 Å². The molecule has 1 aliphatic carbocycles. The highest BCUT2D eigenvalue weighted by molar-refractivity contribution is 7.90. The van der Waals surface area contributed by atoms with E-state index in [1.807, 2.05) is 12.1 Å². The predicted molar refractivity (Wildman–Crippen MR) is 114 cm³/mol. The molecule has 2 aromatic carbocycles. The van der Waals surface area contributed by atoms with Crippen LogP contribution in [0.5, 0.6) is 11.5 Å². The van der Waals surface area contributed by atoms with Crippen molar-refractivity contribution in [1.82, 2.24) is 4.98 Å². The van der Waals surface area contributed by atoms with Crippen molar-refractivity contribution in [1.29, 1.82) is 0 Å². The summed E-state index contributed by atoms with van der Waals surface area (Å²) in [5.41, 5.74) is 3.89. The van der Waals surface area contributed by atoms with E-state index in [1.54, 1.807) is 37.4 Å². The van der Waals surface area contributed by atoms with Crippen LogP contribution in [0.15, 0.2) is 47.5 Å². The van der Waals surface area contributed by atoms with Crippen LogP contribution in [0, 0.1) is 0 Å². The Kier molecular flexibility index (Phi) is 5.47. The van der Waals surface area contributed by atoms with Gasteiger partial charge in [-0.05, 0) is 73.2 Å². The van der Waals surface area contributed by atoms with Crippen LogP contribution in [-0.2, 0) is 38.6 Å². The summed E-state index contributed by atoms with van der Waals surface area (Å²) < 4.78 is 35.3. The number of pyridine rings is 1. The standard InChI is InChI=1S/C23H23NO5S/c1-3-28-23(25)13-15-7-10-21(18-6-4-5-17(15)18)29-22-11-12-24-20-9-8-16(14-19(20)22)30(2,26)27/h7-12,14H,3-6,13H2,1-2H3. The molecule has 0 atom stereocenters. The van der Waals surface area contributed by atoms with Crippen molar-refractivity contribution < 1.29 is 22.7 Å². The molecule has 30 heavy (non-hydrogen) atoms. The zero-order valence-corrected chi connectivity index (χ0v) is 17.8. The van der Waals surface area contributed by atoms with Gasteiger partial charge in [0.1, 0.15) is 11.5 Å². The van der Waals surface area contributed by atoms with Gasteiger partial charge < -0.3 is 9.47 Å². The minimum Gasteiger partial charge on any atom is -0.466 e. The molecular weight excluding hydrogens is 402 g/mol. The van der Waals surface area contributed by atoms with Crippen LogP contribution in [-0.4, -0.2) is 32.2 Å². The second kappa shape index (κ2) is 8.07. The van der Waals surface area contributed by atoms with E-state index in [9.17, 15) is 13.2 Å². The molecule has 1 aliphatic rings. The van der Waals surface area contributed by atoms with Crippen LogP contribution < -0.4 is 4.74 Å². The lowest BCUT2D eigenvalue weighted by molar-refractivity contribution is -0.142. The fraction of sp³-hybridized carbons (Fsp3) is 0.304. The summed E-state index contributed by atoms with van der Waals surface area (Å²) >= 11 is 0. The number of hydrogen-bond donors (Lipinski definition) is 0. The monoisotopic (exact) mass is 425 g/mol. The van der Waals surface area contributed by atoms with Crippen molar-refractivity contribution in [3.05, 3.63) is 59.3 Å². The first-order valence-corrected chi connectivity index (χ1v) is 11.8. The number of carbonyl (C=O) groups excluding carboxylic acids is 1. The summed E-state index contributed by atoms with van der Waals surface area (Å²) in [5, 5.41) is 0.641. The number of hydrogen-bond acceptors (Lipinski definition) is 6. The highest BCUT2D eigenvalue weighted by atomic mass is 32.2. The van der Waals surface area contributed by atoms with Gasteiger partial charge in [0.2, 0.25) is 0 Å². The highest BCUT2D eigenvalue weighted by Gasteiger charge is 2.22. The maximum absolute atomic E-state index is 12.0. The Hall–Kier alpha value is -2.93. The highest BCUT2D eigenvalue weighted by Crippen LogP contribution is 2.38. The van der Waals surface area contributed by atoms with E-state index < -0.39 is 9.84 Å². The number of benzene rings is 2. The van der Waals surface area contributed by atoms with Gasteiger partial charge in [0.25, 0.3) is 0 Å². The number of nitrogens with zero attached hydrogens (tertiary/aromatic N) is 1. The molecule has 0 amide bonds. The first-order valence-electron chi connectivity index (χ1n) is 9.92. The SMILES string of the molecule is CCOC(=O)Cc1ccc(Oc2ccnc3ccc(S(C)(=O)=O)cc23)c2c1CCC2. The van der Waals surface area contributed by atoms with Crippen molar-refractivity contribution >= 4 is 26.7 Å². The van der Waals surface area contributed by atoms with Crippen LogP contribution >= 0.6 is 0 Å². The fourth-order valence-electron chi connectivity index (χ4n) is 3.91. The van der Waals surface area contributed by atoms with E-state index in [4.69, 9.17) is 9.47 Å². The Morgan fingerprint density at radius 3 is 2.63 bits per heavy atom. The second-order valence-electron chi connectivity index (χ2n) is 7.38. The third-order valence-electron chi connectivity index (χ3n) is 5.30. The lowest BCUT2D eigenvalue weighted by Gasteiger charge is -2.15. The van der Waals surface area contributed by atoms with Crippen LogP contribution in [0.4, 0.5) is 0 Å². The topological polar surface area (TPSA) is 82.6 Å². The molecule has 0 bridgehead atoms. The summed E-state index contributed by atoms with van der Waals surface area (Å²) in [6.07, 6.45) is 5.86. The molecule has 0 fully saturated rings. The summed E-state index contributed by atoms with van der Waals surface area (Å²) in [4.78, 5) is 16.5. The van der Waals surface area contributed by atoms with Crippen LogP contribution in [0.25, 0.3) is 10.9 Å². The summed E-state index contributed by atoms with van der Waals surface area (Å²) in [6, 6.07) is 10.4. The lowest BCUT2D eigenvalue weighted by atomic mass is 10.00. The average molecular weight is 426 g/mol. The molecule has 0 aliphatic heterocycles. The van der Waals surface area contributed by atoms with E-state index in [-0.39, 0.29) is 17.3 Å². The Labute approximate surface area is 175 Å². The molecule has 7 heteroatoms. The van der Waals surface area contributed by atoms with Gasteiger partial charge in [-0.15, -0.1) is 0 Å². The molecule has 0 saturated carbocycles. The normalized spacial score (nSPS) is 13.3. The van der Waals surface area contributed by atoms with Gasteiger partial charge >= 0.3 is 5.97 Å². The van der Waals surface area contributed by atoms with Gasteiger partial charge in [0, 0.05) is 17.8 Å². The maximum atomic E-state index is 12.0. The number of ether oxygens (including phenoxy) is 2. The number of rotatable bonds is 6. The third kappa shape index (κ3) is 4.03. The molecule has 0 radical (unpaired) electrons. The average Bonchev–Trinajstić information content (AvgIpc) is 3.20. The van der Waals surface area contributed by atoms with E-state index in [0.29, 0.717) is 23.3 Å². The molecule has 0 saturated heterocycles. The van der Waals surface area contributed by atoms with Gasteiger partial charge in [0.15, 0.2) is 9.84 Å². The Morgan fingerprint density at radius 2 is 1.87 bits per heavy atom. The third-order valence-corrected chi connectivity index (χ3v) is 6.41.